The van der Waals surface area contributed by atoms with Crippen molar-refractivity contribution in [3.63, 3.8) is 0 Å². The Hall–Kier alpha value is -1.64. The summed E-state index contributed by atoms with van der Waals surface area (Å²) in [5, 5.41) is 0. The topological polar surface area (TPSA) is 43.4 Å². The second kappa shape index (κ2) is 4.56. The number of carbonyl (C=O) groups excluding carboxylic acids is 2. The van der Waals surface area contributed by atoms with Crippen molar-refractivity contribution in [1.82, 2.24) is 0 Å². The first-order chi connectivity index (χ1) is 6.72. The summed E-state index contributed by atoms with van der Waals surface area (Å²) in [4.78, 5) is 21.4. The van der Waals surface area contributed by atoms with Gasteiger partial charge in [-0.3, -0.25) is 9.59 Å². The van der Waals surface area contributed by atoms with Crippen molar-refractivity contribution in [2.45, 2.75) is 13.8 Å². The third-order valence-corrected chi connectivity index (χ3v) is 2.03. The predicted molar refractivity (Wildman–Crippen MR) is 53.1 cm³/mol. The van der Waals surface area contributed by atoms with Crippen molar-refractivity contribution in [2.75, 3.05) is 6.61 Å². The largest absolute Gasteiger partial charge is 0.494 e. The highest BCUT2D eigenvalue weighted by atomic mass is 16.5. The van der Waals surface area contributed by atoms with Gasteiger partial charge in [-0.1, -0.05) is 0 Å². The number of aldehydes is 2. The number of ether oxygens (including phenoxy) is 1. The Morgan fingerprint density at radius 3 is 2.07 bits per heavy atom. The molecule has 1 rings (SSSR count). The lowest BCUT2D eigenvalue weighted by Gasteiger charge is -2.07. The highest BCUT2D eigenvalue weighted by molar-refractivity contribution is 5.86. The molecule has 74 valence electrons. The lowest BCUT2D eigenvalue weighted by molar-refractivity contribution is 0.112. The lowest BCUT2D eigenvalue weighted by Crippen LogP contribution is -1.98. The molecule has 0 saturated heterocycles. The molecule has 0 heterocycles. The smallest absolute Gasteiger partial charge is 0.150 e. The Kier molecular flexibility index (Phi) is 3.40. The monoisotopic (exact) mass is 192 g/mol. The Morgan fingerprint density at radius 2 is 1.71 bits per heavy atom. The van der Waals surface area contributed by atoms with Crippen molar-refractivity contribution in [1.29, 1.82) is 0 Å². The average Bonchev–Trinajstić information content (AvgIpc) is 2.20. The van der Waals surface area contributed by atoms with E-state index in [1.54, 1.807) is 19.1 Å². The van der Waals surface area contributed by atoms with E-state index < -0.39 is 0 Å². The number of hydrogen-bond acceptors (Lipinski definition) is 3. The Morgan fingerprint density at radius 1 is 1.21 bits per heavy atom. The molecule has 14 heavy (non-hydrogen) atoms. The van der Waals surface area contributed by atoms with Gasteiger partial charge in [-0.05, 0) is 31.5 Å². The Balaban J connectivity index is 3.24. The fourth-order valence-corrected chi connectivity index (χ4v) is 1.23. The summed E-state index contributed by atoms with van der Waals surface area (Å²) >= 11 is 0. The van der Waals surface area contributed by atoms with Gasteiger partial charge in [0.2, 0.25) is 0 Å². The van der Waals surface area contributed by atoms with E-state index in [9.17, 15) is 9.59 Å². The SMILES string of the molecule is CCOc1cc(C=O)c(C)c(C=O)c1. The van der Waals surface area contributed by atoms with E-state index in [1.807, 2.05) is 6.92 Å². The van der Waals surface area contributed by atoms with Gasteiger partial charge in [-0.2, -0.15) is 0 Å². The lowest BCUT2D eigenvalue weighted by atomic mass is 10.0. The van der Waals surface area contributed by atoms with E-state index >= 15 is 0 Å². The van der Waals surface area contributed by atoms with Gasteiger partial charge in [0.15, 0.2) is 0 Å². The van der Waals surface area contributed by atoms with Gasteiger partial charge in [-0.25, -0.2) is 0 Å². The maximum Gasteiger partial charge on any atom is 0.150 e. The van der Waals surface area contributed by atoms with Gasteiger partial charge >= 0.3 is 0 Å². The molecule has 0 aliphatic carbocycles. The summed E-state index contributed by atoms with van der Waals surface area (Å²) in [6.07, 6.45) is 1.45. The standard InChI is InChI=1S/C11H12O3/c1-3-14-11-4-9(6-12)8(2)10(5-11)7-13/h4-7H,3H2,1-2H3. The van der Waals surface area contributed by atoms with Gasteiger partial charge in [-0.15, -0.1) is 0 Å². The molecule has 1 aromatic rings. The molecule has 3 nitrogen and oxygen atoms in total. The maximum absolute atomic E-state index is 10.7. The van der Waals surface area contributed by atoms with Gasteiger partial charge in [0.05, 0.1) is 6.61 Å². The van der Waals surface area contributed by atoms with Crippen LogP contribution in [0.5, 0.6) is 5.75 Å². The van der Waals surface area contributed by atoms with E-state index in [2.05, 4.69) is 0 Å². The molecule has 0 bridgehead atoms. The van der Waals surface area contributed by atoms with Crippen molar-refractivity contribution in [3.05, 3.63) is 28.8 Å². The first kappa shape index (κ1) is 10.4. The summed E-state index contributed by atoms with van der Waals surface area (Å²) in [5.41, 5.74) is 1.69. The maximum atomic E-state index is 10.7. The molecule has 1 aromatic carbocycles. The van der Waals surface area contributed by atoms with Crippen LogP contribution in [-0.4, -0.2) is 19.2 Å². The van der Waals surface area contributed by atoms with E-state index in [4.69, 9.17) is 4.74 Å². The van der Waals surface area contributed by atoms with Gasteiger partial charge in [0, 0.05) is 11.1 Å². The van der Waals surface area contributed by atoms with E-state index in [1.165, 1.54) is 0 Å². The minimum Gasteiger partial charge on any atom is -0.494 e. The first-order valence-electron chi connectivity index (χ1n) is 4.40. The molecule has 0 radical (unpaired) electrons. The second-order valence-electron chi connectivity index (χ2n) is 2.90. The molecule has 0 amide bonds. The Bertz CT molecular complexity index is 327. The van der Waals surface area contributed by atoms with Crippen molar-refractivity contribution in [3.8, 4) is 5.75 Å². The molecule has 0 N–H and O–H groups in total. The van der Waals surface area contributed by atoms with Crippen LogP contribution in [0.15, 0.2) is 12.1 Å². The summed E-state index contributed by atoms with van der Waals surface area (Å²) in [7, 11) is 0. The van der Waals surface area contributed by atoms with E-state index in [0.717, 1.165) is 12.6 Å². The van der Waals surface area contributed by atoms with Gasteiger partial charge in [0.1, 0.15) is 18.3 Å². The van der Waals surface area contributed by atoms with Crippen LogP contribution in [0, 0.1) is 6.92 Å². The third-order valence-electron chi connectivity index (χ3n) is 2.03. The molecule has 0 spiro atoms. The zero-order valence-electron chi connectivity index (χ0n) is 8.24. The quantitative estimate of drug-likeness (QED) is 0.685. The Labute approximate surface area is 82.7 Å². The highest BCUT2D eigenvalue weighted by Crippen LogP contribution is 2.19. The zero-order valence-corrected chi connectivity index (χ0v) is 8.24. The molecule has 0 atom stereocenters. The summed E-state index contributed by atoms with van der Waals surface area (Å²) < 4.78 is 5.23. The van der Waals surface area contributed by atoms with Crippen LogP contribution in [0.2, 0.25) is 0 Å². The summed E-state index contributed by atoms with van der Waals surface area (Å²) in [6.45, 7) is 4.10. The molecule has 0 saturated carbocycles. The zero-order chi connectivity index (χ0) is 10.6. The van der Waals surface area contributed by atoms with Crippen LogP contribution < -0.4 is 4.74 Å². The van der Waals surface area contributed by atoms with Crippen LogP contribution in [0.25, 0.3) is 0 Å². The number of rotatable bonds is 4. The fraction of sp³-hybridized carbons (Fsp3) is 0.273. The molecule has 0 fully saturated rings. The van der Waals surface area contributed by atoms with Crippen molar-refractivity contribution in [2.24, 2.45) is 0 Å². The third kappa shape index (κ3) is 1.99. The van der Waals surface area contributed by atoms with Crippen LogP contribution in [0.4, 0.5) is 0 Å². The minimum atomic E-state index is 0.498. The molecule has 0 aliphatic rings. The molecule has 0 aliphatic heterocycles. The molecule has 0 unspecified atom stereocenters. The number of benzene rings is 1. The van der Waals surface area contributed by atoms with Crippen LogP contribution in [0.3, 0.4) is 0 Å². The average molecular weight is 192 g/mol. The minimum absolute atomic E-state index is 0.498. The van der Waals surface area contributed by atoms with Gasteiger partial charge < -0.3 is 4.74 Å². The summed E-state index contributed by atoms with van der Waals surface area (Å²) in [6, 6.07) is 3.28. The molecule has 0 aromatic heterocycles. The van der Waals surface area contributed by atoms with E-state index in [0.29, 0.717) is 29.0 Å². The molecular formula is C11H12O3. The van der Waals surface area contributed by atoms with E-state index in [-0.39, 0.29) is 0 Å². The second-order valence-corrected chi connectivity index (χ2v) is 2.90. The van der Waals surface area contributed by atoms with Crippen LogP contribution in [0.1, 0.15) is 33.2 Å². The predicted octanol–water partition coefficient (Wildman–Crippen LogP) is 2.02. The summed E-state index contributed by atoms with van der Waals surface area (Å²) in [5.74, 6) is 0.558. The highest BCUT2D eigenvalue weighted by Gasteiger charge is 2.06. The molecule has 3 heteroatoms. The fourth-order valence-electron chi connectivity index (χ4n) is 1.23. The van der Waals surface area contributed by atoms with Crippen molar-refractivity contribution >= 4 is 12.6 Å². The normalized spacial score (nSPS) is 9.57. The van der Waals surface area contributed by atoms with Crippen LogP contribution >= 0.6 is 0 Å². The van der Waals surface area contributed by atoms with Crippen molar-refractivity contribution < 1.29 is 14.3 Å². The van der Waals surface area contributed by atoms with Crippen LogP contribution in [-0.2, 0) is 0 Å². The first-order valence-corrected chi connectivity index (χ1v) is 4.40. The van der Waals surface area contributed by atoms with Gasteiger partial charge in [0.25, 0.3) is 0 Å². The molecular weight excluding hydrogens is 180 g/mol. The number of carbonyl (C=O) groups is 2. The number of hydrogen-bond donors (Lipinski definition) is 0.